The van der Waals surface area contributed by atoms with Crippen LogP contribution in [0, 0.1) is 0 Å². The molecular formula is C15H18N4OS. The molecule has 1 aliphatic heterocycles. The Labute approximate surface area is 128 Å². The summed E-state index contributed by atoms with van der Waals surface area (Å²) in [6, 6.07) is 8.10. The molecule has 5 nitrogen and oxygen atoms in total. The van der Waals surface area contributed by atoms with Gasteiger partial charge in [-0.15, -0.1) is 0 Å². The SMILES string of the molecule is S=C(NCC1CCCO1)N/N=C/c1c[nH]c2ccccc12. The van der Waals surface area contributed by atoms with E-state index in [1.807, 2.05) is 24.4 Å². The van der Waals surface area contributed by atoms with Gasteiger partial charge in [0.1, 0.15) is 0 Å². The first-order chi connectivity index (χ1) is 10.3. The third-order valence-electron chi connectivity index (χ3n) is 3.51. The number of para-hydroxylation sites is 1. The van der Waals surface area contributed by atoms with Crippen molar-refractivity contribution >= 4 is 34.4 Å². The highest BCUT2D eigenvalue weighted by atomic mass is 32.1. The summed E-state index contributed by atoms with van der Waals surface area (Å²) in [7, 11) is 0. The number of nitrogens with zero attached hydrogens (tertiary/aromatic N) is 1. The largest absolute Gasteiger partial charge is 0.376 e. The number of H-pyrrole nitrogens is 1. The van der Waals surface area contributed by atoms with E-state index in [2.05, 4.69) is 26.9 Å². The average Bonchev–Trinajstić information content (AvgIpc) is 3.15. The van der Waals surface area contributed by atoms with E-state index < -0.39 is 0 Å². The zero-order chi connectivity index (χ0) is 14.5. The van der Waals surface area contributed by atoms with Crippen molar-refractivity contribution < 1.29 is 4.74 Å². The second-order valence-electron chi connectivity index (χ2n) is 5.00. The summed E-state index contributed by atoms with van der Waals surface area (Å²) in [6.45, 7) is 1.58. The van der Waals surface area contributed by atoms with Gasteiger partial charge in [-0.1, -0.05) is 18.2 Å². The van der Waals surface area contributed by atoms with Crippen LogP contribution in [-0.4, -0.2) is 35.6 Å². The minimum Gasteiger partial charge on any atom is -0.376 e. The standard InChI is InChI=1S/C15H18N4OS/c21-15(17-10-12-4-3-7-20-12)19-18-9-11-8-16-14-6-2-1-5-13(11)14/h1-2,5-6,8-9,12,16H,3-4,7,10H2,(H2,17,19,21)/b18-9+. The van der Waals surface area contributed by atoms with E-state index in [0.29, 0.717) is 5.11 Å². The lowest BCUT2D eigenvalue weighted by Gasteiger charge is -2.11. The number of ether oxygens (including phenoxy) is 1. The van der Waals surface area contributed by atoms with Crippen molar-refractivity contribution in [2.75, 3.05) is 13.2 Å². The number of hydrogen-bond acceptors (Lipinski definition) is 3. The minimum atomic E-state index is 0.266. The molecule has 0 bridgehead atoms. The van der Waals surface area contributed by atoms with Crippen LogP contribution in [0.15, 0.2) is 35.6 Å². The second-order valence-corrected chi connectivity index (χ2v) is 5.41. The van der Waals surface area contributed by atoms with Crippen molar-refractivity contribution in [2.45, 2.75) is 18.9 Å². The van der Waals surface area contributed by atoms with Crippen LogP contribution in [0.4, 0.5) is 0 Å². The maximum absolute atomic E-state index is 5.52. The zero-order valence-electron chi connectivity index (χ0n) is 11.6. The van der Waals surface area contributed by atoms with Crippen molar-refractivity contribution in [1.82, 2.24) is 15.7 Å². The molecule has 0 radical (unpaired) electrons. The summed E-state index contributed by atoms with van der Waals surface area (Å²) < 4.78 is 5.52. The van der Waals surface area contributed by atoms with Crippen molar-refractivity contribution in [1.29, 1.82) is 0 Å². The summed E-state index contributed by atoms with van der Waals surface area (Å²) in [5.41, 5.74) is 4.95. The highest BCUT2D eigenvalue weighted by Gasteiger charge is 2.14. The summed E-state index contributed by atoms with van der Waals surface area (Å²) in [5, 5.41) is 8.94. The van der Waals surface area contributed by atoms with Gasteiger partial charge >= 0.3 is 0 Å². The van der Waals surface area contributed by atoms with E-state index >= 15 is 0 Å². The van der Waals surface area contributed by atoms with Crippen molar-refractivity contribution in [3.05, 3.63) is 36.0 Å². The van der Waals surface area contributed by atoms with E-state index in [4.69, 9.17) is 17.0 Å². The smallest absolute Gasteiger partial charge is 0.187 e. The second kappa shape index (κ2) is 6.69. The fourth-order valence-electron chi connectivity index (χ4n) is 2.41. The van der Waals surface area contributed by atoms with Gasteiger partial charge < -0.3 is 15.0 Å². The maximum atomic E-state index is 5.52. The van der Waals surface area contributed by atoms with Crippen LogP contribution in [-0.2, 0) is 4.74 Å². The molecule has 1 fully saturated rings. The molecule has 2 heterocycles. The third kappa shape index (κ3) is 3.59. The van der Waals surface area contributed by atoms with E-state index in [-0.39, 0.29) is 6.10 Å². The molecule has 3 N–H and O–H groups in total. The van der Waals surface area contributed by atoms with Gasteiger partial charge in [-0.05, 0) is 31.1 Å². The van der Waals surface area contributed by atoms with Crippen molar-refractivity contribution in [3.63, 3.8) is 0 Å². The summed E-state index contributed by atoms with van der Waals surface area (Å²) in [5.74, 6) is 0. The van der Waals surface area contributed by atoms with Crippen LogP contribution in [0.2, 0.25) is 0 Å². The summed E-state index contributed by atoms with van der Waals surface area (Å²) in [6.07, 6.45) is 6.18. The number of fused-ring (bicyclic) bond motifs is 1. The first-order valence-corrected chi connectivity index (χ1v) is 7.48. The maximum Gasteiger partial charge on any atom is 0.187 e. The molecule has 21 heavy (non-hydrogen) atoms. The van der Waals surface area contributed by atoms with Crippen LogP contribution in [0.25, 0.3) is 10.9 Å². The normalized spacial score (nSPS) is 18.4. The van der Waals surface area contributed by atoms with Crippen LogP contribution in [0.3, 0.4) is 0 Å². The number of rotatable bonds is 4. The Morgan fingerprint density at radius 3 is 3.24 bits per heavy atom. The van der Waals surface area contributed by atoms with Crippen LogP contribution in [0.5, 0.6) is 0 Å². The predicted molar refractivity (Wildman–Crippen MR) is 88.6 cm³/mol. The van der Waals surface area contributed by atoms with Gasteiger partial charge in [0.2, 0.25) is 0 Å². The monoisotopic (exact) mass is 302 g/mol. The first-order valence-electron chi connectivity index (χ1n) is 7.07. The fourth-order valence-corrected chi connectivity index (χ4v) is 2.55. The minimum absolute atomic E-state index is 0.266. The molecule has 0 aliphatic carbocycles. The quantitative estimate of drug-likeness (QED) is 0.460. The van der Waals surface area contributed by atoms with E-state index in [9.17, 15) is 0 Å². The number of benzene rings is 1. The lowest BCUT2D eigenvalue weighted by atomic mass is 10.2. The van der Waals surface area contributed by atoms with Gasteiger partial charge in [0.05, 0.1) is 12.3 Å². The molecule has 1 aromatic carbocycles. The molecular weight excluding hydrogens is 284 g/mol. The van der Waals surface area contributed by atoms with Gasteiger partial charge in [0.15, 0.2) is 5.11 Å². The highest BCUT2D eigenvalue weighted by Crippen LogP contribution is 2.15. The van der Waals surface area contributed by atoms with Crippen molar-refractivity contribution in [2.24, 2.45) is 5.10 Å². The Morgan fingerprint density at radius 1 is 1.48 bits per heavy atom. The number of aromatic amines is 1. The molecule has 1 aromatic heterocycles. The molecule has 1 unspecified atom stereocenters. The van der Waals surface area contributed by atoms with Gasteiger partial charge in [-0.3, -0.25) is 5.43 Å². The summed E-state index contributed by atoms with van der Waals surface area (Å²) in [4.78, 5) is 3.20. The molecule has 1 aliphatic rings. The van der Waals surface area contributed by atoms with E-state index in [0.717, 1.165) is 42.5 Å². The zero-order valence-corrected chi connectivity index (χ0v) is 12.5. The molecule has 0 amide bonds. The van der Waals surface area contributed by atoms with Crippen LogP contribution in [0.1, 0.15) is 18.4 Å². The van der Waals surface area contributed by atoms with Crippen molar-refractivity contribution in [3.8, 4) is 0 Å². The number of nitrogens with one attached hydrogen (secondary N) is 3. The third-order valence-corrected chi connectivity index (χ3v) is 3.74. The number of thiocarbonyl (C=S) groups is 1. The van der Waals surface area contributed by atoms with Crippen LogP contribution >= 0.6 is 12.2 Å². The Morgan fingerprint density at radius 2 is 2.38 bits per heavy atom. The predicted octanol–water partition coefficient (Wildman–Crippen LogP) is 2.14. The van der Waals surface area contributed by atoms with E-state index in [1.54, 1.807) is 6.21 Å². The Kier molecular flexibility index (Phi) is 4.47. The Balaban J connectivity index is 1.50. The highest BCUT2D eigenvalue weighted by molar-refractivity contribution is 7.80. The first kappa shape index (κ1) is 14.0. The Bertz CT molecular complexity index is 646. The number of hydrazone groups is 1. The average molecular weight is 302 g/mol. The number of aromatic nitrogens is 1. The molecule has 2 aromatic rings. The summed E-state index contributed by atoms with van der Waals surface area (Å²) >= 11 is 5.18. The van der Waals surface area contributed by atoms with Gasteiger partial charge in [0.25, 0.3) is 0 Å². The number of hydrogen-bond donors (Lipinski definition) is 3. The molecule has 3 rings (SSSR count). The topological polar surface area (TPSA) is 61.4 Å². The fraction of sp³-hybridized carbons (Fsp3) is 0.333. The van der Waals surface area contributed by atoms with Gasteiger partial charge in [-0.25, -0.2) is 0 Å². The molecule has 1 saturated heterocycles. The lowest BCUT2D eigenvalue weighted by Crippen LogP contribution is -2.37. The molecule has 0 saturated carbocycles. The van der Waals surface area contributed by atoms with Gasteiger partial charge in [-0.2, -0.15) is 5.10 Å². The van der Waals surface area contributed by atoms with Crippen LogP contribution < -0.4 is 10.7 Å². The molecule has 6 heteroatoms. The van der Waals surface area contributed by atoms with E-state index in [1.165, 1.54) is 0 Å². The lowest BCUT2D eigenvalue weighted by molar-refractivity contribution is 0.114. The molecule has 1 atom stereocenters. The molecule has 110 valence electrons. The Hall–Kier alpha value is -1.92. The molecule has 0 spiro atoms. The van der Waals surface area contributed by atoms with Gasteiger partial charge in [0, 0.05) is 35.8 Å².